The summed E-state index contributed by atoms with van der Waals surface area (Å²) in [5, 5.41) is 2.70. The van der Waals surface area contributed by atoms with Gasteiger partial charge in [-0.25, -0.2) is 4.79 Å². The number of ether oxygens (including phenoxy) is 3. The lowest BCUT2D eigenvalue weighted by Crippen LogP contribution is -2.23. The number of hydrogen-bond donors (Lipinski definition) is 1. The lowest BCUT2D eigenvalue weighted by molar-refractivity contribution is -0.149. The number of carbonyl (C=O) groups excluding carboxylic acids is 2. The summed E-state index contributed by atoms with van der Waals surface area (Å²) in [6.45, 7) is 6.13. The number of hydrogen-bond acceptors (Lipinski definition) is 5. The van der Waals surface area contributed by atoms with Crippen LogP contribution in [0.1, 0.15) is 38.7 Å². The van der Waals surface area contributed by atoms with Crippen molar-refractivity contribution in [2.75, 3.05) is 25.1 Å². The molecule has 1 atom stereocenters. The molecule has 28 heavy (non-hydrogen) atoms. The van der Waals surface area contributed by atoms with Gasteiger partial charge in [0.25, 0.3) is 5.91 Å². The molecule has 1 unspecified atom stereocenters. The predicted molar refractivity (Wildman–Crippen MR) is 108 cm³/mol. The van der Waals surface area contributed by atoms with Crippen LogP contribution in [0, 0.1) is 0 Å². The lowest BCUT2D eigenvalue weighted by atomic mass is 9.99. The molecule has 6 nitrogen and oxygen atoms in total. The number of benzene rings is 2. The van der Waals surface area contributed by atoms with Crippen LogP contribution in [0.4, 0.5) is 5.69 Å². The van der Waals surface area contributed by atoms with Crippen LogP contribution in [0.15, 0.2) is 48.5 Å². The zero-order valence-corrected chi connectivity index (χ0v) is 16.6. The molecule has 6 heteroatoms. The highest BCUT2D eigenvalue weighted by Crippen LogP contribution is 2.20. The van der Waals surface area contributed by atoms with Gasteiger partial charge in [-0.15, -0.1) is 0 Å². The molecule has 0 heterocycles. The van der Waals surface area contributed by atoms with Gasteiger partial charge in [-0.1, -0.05) is 26.0 Å². The molecule has 0 bridgehead atoms. The molecule has 2 aromatic rings. The van der Waals surface area contributed by atoms with Crippen LogP contribution >= 0.6 is 0 Å². The number of nitrogens with one attached hydrogen (secondary N) is 1. The first kappa shape index (κ1) is 21.3. The third-order valence-electron chi connectivity index (χ3n) is 4.23. The van der Waals surface area contributed by atoms with Gasteiger partial charge < -0.3 is 19.5 Å². The number of carbonyl (C=O) groups is 2. The molecular weight excluding hydrogens is 358 g/mol. The Hall–Kier alpha value is -3.02. The van der Waals surface area contributed by atoms with Crippen LogP contribution in [0.25, 0.3) is 0 Å². The van der Waals surface area contributed by atoms with E-state index in [0.717, 1.165) is 12.2 Å². The minimum Gasteiger partial charge on any atom is -0.494 e. The van der Waals surface area contributed by atoms with Crippen molar-refractivity contribution in [3.63, 3.8) is 0 Å². The van der Waals surface area contributed by atoms with Gasteiger partial charge in [0, 0.05) is 5.69 Å². The van der Waals surface area contributed by atoms with Crippen LogP contribution in [0.5, 0.6) is 11.5 Å². The maximum absolute atomic E-state index is 11.9. The fourth-order valence-corrected chi connectivity index (χ4v) is 2.46. The first-order chi connectivity index (χ1) is 13.5. The van der Waals surface area contributed by atoms with Crippen LogP contribution in [0.3, 0.4) is 0 Å². The number of esters is 1. The molecule has 0 saturated heterocycles. The summed E-state index contributed by atoms with van der Waals surface area (Å²) in [6, 6.07) is 14.6. The van der Waals surface area contributed by atoms with Crippen molar-refractivity contribution in [2.24, 2.45) is 0 Å². The summed E-state index contributed by atoms with van der Waals surface area (Å²) in [5.74, 6) is 0.709. The Morgan fingerprint density at radius 3 is 2.07 bits per heavy atom. The van der Waals surface area contributed by atoms with E-state index in [2.05, 4.69) is 19.2 Å². The molecule has 0 aliphatic heterocycles. The van der Waals surface area contributed by atoms with Gasteiger partial charge in [-0.3, -0.25) is 4.79 Å². The van der Waals surface area contributed by atoms with Crippen LogP contribution < -0.4 is 14.8 Å². The summed E-state index contributed by atoms with van der Waals surface area (Å²) < 4.78 is 15.6. The molecule has 0 fully saturated rings. The normalized spacial score (nSPS) is 11.4. The molecule has 0 aromatic heterocycles. The Labute approximate surface area is 165 Å². The standard InChI is InChI=1S/C22H27NO5/c1-4-16(3)17-6-8-18(9-7-17)23-21(24)14-28-22(25)15-27-20-12-10-19(11-13-20)26-5-2/h6-13,16H,4-5,14-15H2,1-3H3,(H,23,24). The van der Waals surface area contributed by atoms with E-state index in [1.54, 1.807) is 24.3 Å². The SMILES string of the molecule is CCOc1ccc(OCC(=O)OCC(=O)Nc2ccc(C(C)CC)cc2)cc1. The van der Waals surface area contributed by atoms with E-state index < -0.39 is 11.9 Å². The molecule has 0 saturated carbocycles. The zero-order valence-electron chi connectivity index (χ0n) is 16.6. The van der Waals surface area contributed by atoms with Gasteiger partial charge >= 0.3 is 5.97 Å². The monoisotopic (exact) mass is 385 g/mol. The summed E-state index contributed by atoms with van der Waals surface area (Å²) in [7, 11) is 0. The van der Waals surface area contributed by atoms with E-state index in [-0.39, 0.29) is 13.2 Å². The van der Waals surface area contributed by atoms with Gasteiger partial charge in [0.2, 0.25) is 0 Å². The predicted octanol–water partition coefficient (Wildman–Crippen LogP) is 4.16. The average molecular weight is 385 g/mol. The number of amides is 1. The summed E-state index contributed by atoms with van der Waals surface area (Å²) in [5.41, 5.74) is 1.89. The highest BCUT2D eigenvalue weighted by Gasteiger charge is 2.10. The molecule has 150 valence electrons. The Balaban J connectivity index is 1.71. The lowest BCUT2D eigenvalue weighted by Gasteiger charge is -2.11. The van der Waals surface area contributed by atoms with E-state index in [9.17, 15) is 9.59 Å². The first-order valence-electron chi connectivity index (χ1n) is 9.42. The topological polar surface area (TPSA) is 73.9 Å². The fourth-order valence-electron chi connectivity index (χ4n) is 2.46. The highest BCUT2D eigenvalue weighted by molar-refractivity contribution is 5.92. The van der Waals surface area contributed by atoms with Crippen molar-refractivity contribution >= 4 is 17.6 Å². The van der Waals surface area contributed by atoms with Crippen molar-refractivity contribution in [3.8, 4) is 11.5 Å². The minimum absolute atomic E-state index is 0.273. The molecule has 2 rings (SSSR count). The minimum atomic E-state index is -0.615. The third-order valence-corrected chi connectivity index (χ3v) is 4.23. The summed E-state index contributed by atoms with van der Waals surface area (Å²) in [6.07, 6.45) is 1.06. The Morgan fingerprint density at radius 2 is 1.50 bits per heavy atom. The molecule has 1 N–H and O–H groups in total. The molecule has 0 aliphatic rings. The van der Waals surface area contributed by atoms with E-state index in [1.807, 2.05) is 31.2 Å². The van der Waals surface area contributed by atoms with Crippen LogP contribution in [0.2, 0.25) is 0 Å². The second kappa shape index (κ2) is 11.0. The van der Waals surface area contributed by atoms with E-state index in [4.69, 9.17) is 14.2 Å². The van der Waals surface area contributed by atoms with Crippen LogP contribution in [-0.4, -0.2) is 31.7 Å². The molecule has 1 amide bonds. The van der Waals surface area contributed by atoms with Gasteiger partial charge in [-0.05, 0) is 61.2 Å². The van der Waals surface area contributed by atoms with Crippen LogP contribution in [-0.2, 0) is 14.3 Å². The Bertz CT molecular complexity index is 756. The van der Waals surface area contributed by atoms with Gasteiger partial charge in [0.1, 0.15) is 11.5 Å². The maximum atomic E-state index is 11.9. The molecule has 0 spiro atoms. The summed E-state index contributed by atoms with van der Waals surface area (Å²) in [4.78, 5) is 23.7. The molecular formula is C22H27NO5. The van der Waals surface area contributed by atoms with Crippen molar-refractivity contribution in [1.82, 2.24) is 0 Å². The number of rotatable bonds is 10. The molecule has 0 aliphatic carbocycles. The van der Waals surface area contributed by atoms with Crippen molar-refractivity contribution in [2.45, 2.75) is 33.1 Å². The second-order valence-corrected chi connectivity index (χ2v) is 6.33. The smallest absolute Gasteiger partial charge is 0.344 e. The molecule has 2 aromatic carbocycles. The van der Waals surface area contributed by atoms with Crippen molar-refractivity contribution in [3.05, 3.63) is 54.1 Å². The van der Waals surface area contributed by atoms with Crippen molar-refractivity contribution in [1.29, 1.82) is 0 Å². The first-order valence-corrected chi connectivity index (χ1v) is 9.42. The fraction of sp³-hybridized carbons (Fsp3) is 0.364. The van der Waals surface area contributed by atoms with E-state index >= 15 is 0 Å². The largest absolute Gasteiger partial charge is 0.494 e. The number of anilines is 1. The van der Waals surface area contributed by atoms with Gasteiger partial charge in [0.05, 0.1) is 6.61 Å². The quantitative estimate of drug-likeness (QED) is 0.622. The average Bonchev–Trinajstić information content (AvgIpc) is 2.72. The second-order valence-electron chi connectivity index (χ2n) is 6.33. The highest BCUT2D eigenvalue weighted by atomic mass is 16.6. The summed E-state index contributed by atoms with van der Waals surface area (Å²) >= 11 is 0. The molecule has 0 radical (unpaired) electrons. The van der Waals surface area contributed by atoms with Gasteiger partial charge in [0.15, 0.2) is 13.2 Å². The van der Waals surface area contributed by atoms with Gasteiger partial charge in [-0.2, -0.15) is 0 Å². The Kier molecular flexibility index (Phi) is 8.34. The van der Waals surface area contributed by atoms with Crippen molar-refractivity contribution < 1.29 is 23.8 Å². The maximum Gasteiger partial charge on any atom is 0.344 e. The third kappa shape index (κ3) is 6.95. The Morgan fingerprint density at radius 1 is 0.893 bits per heavy atom. The van der Waals surface area contributed by atoms with E-state index in [0.29, 0.717) is 24.0 Å². The van der Waals surface area contributed by atoms with E-state index in [1.165, 1.54) is 5.56 Å². The zero-order chi connectivity index (χ0) is 20.4.